The lowest BCUT2D eigenvalue weighted by atomic mass is 9.73. The fourth-order valence-electron chi connectivity index (χ4n) is 4.25. The summed E-state index contributed by atoms with van der Waals surface area (Å²) in [6.07, 6.45) is 10.8. The summed E-state index contributed by atoms with van der Waals surface area (Å²) in [5.41, 5.74) is 1.50. The number of hydrogen-bond donors (Lipinski definition) is 0. The van der Waals surface area contributed by atoms with Crippen LogP contribution in [0.2, 0.25) is 0 Å². The van der Waals surface area contributed by atoms with Crippen LogP contribution in [0.5, 0.6) is 0 Å². The van der Waals surface area contributed by atoms with Gasteiger partial charge in [-0.1, -0.05) is 0 Å². The van der Waals surface area contributed by atoms with Crippen LogP contribution in [0.4, 0.5) is 0 Å². The number of ether oxygens (including phenoxy) is 2. The molecule has 0 bridgehead atoms. The maximum Gasteiger partial charge on any atom is 0.0677 e. The molecular formula is C18H29N3O2. The molecule has 1 aromatic rings. The molecule has 3 aliphatic rings. The molecule has 3 fully saturated rings. The van der Waals surface area contributed by atoms with E-state index >= 15 is 0 Å². The molecule has 1 aromatic heterocycles. The number of hydrogen-bond acceptors (Lipinski definition) is 4. The molecule has 0 amide bonds. The highest BCUT2D eigenvalue weighted by Crippen LogP contribution is 2.41. The Labute approximate surface area is 138 Å². The van der Waals surface area contributed by atoms with Gasteiger partial charge in [0.1, 0.15) is 0 Å². The predicted molar refractivity (Wildman–Crippen MR) is 88.1 cm³/mol. The van der Waals surface area contributed by atoms with E-state index in [-0.39, 0.29) is 5.41 Å². The zero-order chi connectivity index (χ0) is 15.7. The summed E-state index contributed by atoms with van der Waals surface area (Å²) < 4.78 is 14.2. The summed E-state index contributed by atoms with van der Waals surface area (Å²) in [6.45, 7) is 5.96. The molecule has 128 valence electrons. The van der Waals surface area contributed by atoms with E-state index < -0.39 is 0 Å². The third-order valence-corrected chi connectivity index (χ3v) is 5.67. The van der Waals surface area contributed by atoms with Gasteiger partial charge in [-0.05, 0) is 38.0 Å². The number of rotatable bonds is 6. The SMILES string of the molecule is Cn1cc(CN2CC[C@@H]3OCCC[C@]3(COCC3CC3)C2)cn1. The van der Waals surface area contributed by atoms with Crippen LogP contribution in [0, 0.1) is 11.3 Å². The highest BCUT2D eigenvalue weighted by molar-refractivity contribution is 5.05. The van der Waals surface area contributed by atoms with Crippen molar-refractivity contribution < 1.29 is 9.47 Å². The van der Waals surface area contributed by atoms with Gasteiger partial charge in [0.05, 0.1) is 18.9 Å². The molecule has 3 heterocycles. The van der Waals surface area contributed by atoms with Gasteiger partial charge in [-0.25, -0.2) is 0 Å². The number of aromatic nitrogens is 2. The van der Waals surface area contributed by atoms with Crippen molar-refractivity contribution in [1.82, 2.24) is 14.7 Å². The third-order valence-electron chi connectivity index (χ3n) is 5.67. The van der Waals surface area contributed by atoms with Gasteiger partial charge in [0.25, 0.3) is 0 Å². The van der Waals surface area contributed by atoms with Crippen LogP contribution in [0.15, 0.2) is 12.4 Å². The Balaban J connectivity index is 1.40. The zero-order valence-electron chi connectivity index (χ0n) is 14.2. The summed E-state index contributed by atoms with van der Waals surface area (Å²) in [6, 6.07) is 0. The monoisotopic (exact) mass is 319 g/mol. The van der Waals surface area contributed by atoms with Crippen LogP contribution in [-0.2, 0) is 23.1 Å². The quantitative estimate of drug-likeness (QED) is 0.806. The van der Waals surface area contributed by atoms with Crippen molar-refractivity contribution in [3.8, 4) is 0 Å². The van der Waals surface area contributed by atoms with E-state index in [0.29, 0.717) is 6.10 Å². The second kappa shape index (κ2) is 6.54. The lowest BCUT2D eigenvalue weighted by molar-refractivity contribution is -0.154. The Morgan fingerprint density at radius 3 is 3.09 bits per heavy atom. The first kappa shape index (κ1) is 15.6. The molecule has 0 spiro atoms. The van der Waals surface area contributed by atoms with Crippen LogP contribution >= 0.6 is 0 Å². The summed E-state index contributed by atoms with van der Waals surface area (Å²) in [5, 5.41) is 4.30. The molecular weight excluding hydrogens is 290 g/mol. The highest BCUT2D eigenvalue weighted by Gasteiger charge is 2.46. The number of nitrogens with zero attached hydrogens (tertiary/aromatic N) is 3. The minimum atomic E-state index is 0.202. The standard InChI is InChI=1S/C18H29N3O2/c1-20-10-16(9-19-20)11-21-7-5-17-18(13-21,6-2-8-23-17)14-22-12-15-3-4-15/h9-10,15,17H,2-8,11-14H2,1H3/t17-,18+/m0/s1. The average molecular weight is 319 g/mol. The lowest BCUT2D eigenvalue weighted by Gasteiger charge is -2.50. The van der Waals surface area contributed by atoms with Gasteiger partial charge in [0, 0.05) is 57.1 Å². The molecule has 0 N–H and O–H groups in total. The molecule has 4 rings (SSSR count). The second-order valence-corrected chi connectivity index (χ2v) is 7.81. The minimum Gasteiger partial charge on any atom is -0.380 e. The van der Waals surface area contributed by atoms with Gasteiger partial charge in [0.2, 0.25) is 0 Å². The van der Waals surface area contributed by atoms with Gasteiger partial charge in [-0.2, -0.15) is 5.10 Å². The second-order valence-electron chi connectivity index (χ2n) is 7.81. The Morgan fingerprint density at radius 1 is 1.39 bits per heavy atom. The van der Waals surface area contributed by atoms with Crippen LogP contribution in [-0.4, -0.2) is 53.7 Å². The molecule has 1 saturated carbocycles. The van der Waals surface area contributed by atoms with E-state index in [1.165, 1.54) is 31.2 Å². The number of likely N-dealkylation sites (tertiary alicyclic amines) is 1. The molecule has 2 atom stereocenters. The number of aryl methyl sites for hydroxylation is 1. The van der Waals surface area contributed by atoms with Crippen molar-refractivity contribution in [3.63, 3.8) is 0 Å². The Bertz CT molecular complexity index is 528. The van der Waals surface area contributed by atoms with Crippen LogP contribution in [0.25, 0.3) is 0 Å². The van der Waals surface area contributed by atoms with Crippen molar-refractivity contribution in [2.45, 2.75) is 44.8 Å². The first-order valence-electron chi connectivity index (χ1n) is 9.13. The first-order chi connectivity index (χ1) is 11.2. The van der Waals surface area contributed by atoms with Crippen molar-refractivity contribution in [1.29, 1.82) is 0 Å². The predicted octanol–water partition coefficient (Wildman–Crippen LogP) is 2.22. The molecule has 0 radical (unpaired) electrons. The van der Waals surface area contributed by atoms with E-state index in [9.17, 15) is 0 Å². The van der Waals surface area contributed by atoms with E-state index in [1.54, 1.807) is 0 Å². The fourth-order valence-corrected chi connectivity index (χ4v) is 4.25. The topological polar surface area (TPSA) is 39.5 Å². The van der Waals surface area contributed by atoms with Crippen molar-refractivity contribution in [3.05, 3.63) is 18.0 Å². The van der Waals surface area contributed by atoms with Gasteiger partial charge >= 0.3 is 0 Å². The fraction of sp³-hybridized carbons (Fsp3) is 0.833. The molecule has 5 heteroatoms. The summed E-state index contributed by atoms with van der Waals surface area (Å²) in [5.74, 6) is 0.837. The van der Waals surface area contributed by atoms with Crippen LogP contribution in [0.3, 0.4) is 0 Å². The van der Waals surface area contributed by atoms with E-state index in [0.717, 1.165) is 51.8 Å². The van der Waals surface area contributed by atoms with Gasteiger partial charge in [-0.3, -0.25) is 9.58 Å². The first-order valence-corrected chi connectivity index (χ1v) is 9.13. The van der Waals surface area contributed by atoms with E-state index in [4.69, 9.17) is 9.47 Å². The van der Waals surface area contributed by atoms with Crippen molar-refractivity contribution >= 4 is 0 Å². The molecule has 23 heavy (non-hydrogen) atoms. The Kier molecular flexibility index (Phi) is 4.43. The number of piperidine rings is 1. The lowest BCUT2D eigenvalue weighted by Crippen LogP contribution is -2.56. The molecule has 2 aliphatic heterocycles. The third kappa shape index (κ3) is 3.62. The van der Waals surface area contributed by atoms with Gasteiger partial charge in [0.15, 0.2) is 0 Å². The Hall–Kier alpha value is -0.910. The molecule has 0 unspecified atom stereocenters. The van der Waals surface area contributed by atoms with Crippen LogP contribution in [0.1, 0.15) is 37.7 Å². The smallest absolute Gasteiger partial charge is 0.0677 e. The normalized spacial score (nSPS) is 32.0. The summed E-state index contributed by atoms with van der Waals surface area (Å²) in [7, 11) is 1.98. The summed E-state index contributed by atoms with van der Waals surface area (Å²) in [4.78, 5) is 2.57. The minimum absolute atomic E-state index is 0.202. The van der Waals surface area contributed by atoms with E-state index in [1.807, 2.05) is 17.9 Å². The molecule has 0 aromatic carbocycles. The van der Waals surface area contributed by atoms with Gasteiger partial charge < -0.3 is 9.47 Å². The van der Waals surface area contributed by atoms with E-state index in [2.05, 4.69) is 16.2 Å². The van der Waals surface area contributed by atoms with Crippen LogP contribution < -0.4 is 0 Å². The largest absolute Gasteiger partial charge is 0.380 e. The number of fused-ring (bicyclic) bond motifs is 1. The molecule has 2 saturated heterocycles. The highest BCUT2D eigenvalue weighted by atomic mass is 16.5. The molecule has 1 aliphatic carbocycles. The van der Waals surface area contributed by atoms with Crippen molar-refractivity contribution in [2.75, 3.05) is 32.9 Å². The maximum absolute atomic E-state index is 6.14. The maximum atomic E-state index is 6.14. The zero-order valence-corrected chi connectivity index (χ0v) is 14.2. The summed E-state index contributed by atoms with van der Waals surface area (Å²) >= 11 is 0. The van der Waals surface area contributed by atoms with Gasteiger partial charge in [-0.15, -0.1) is 0 Å². The average Bonchev–Trinajstić information content (AvgIpc) is 3.28. The van der Waals surface area contributed by atoms with Crippen molar-refractivity contribution in [2.24, 2.45) is 18.4 Å². The molecule has 5 nitrogen and oxygen atoms in total. The Morgan fingerprint density at radius 2 is 2.30 bits per heavy atom.